The summed E-state index contributed by atoms with van der Waals surface area (Å²) in [5.74, 6) is 0. The highest BCUT2D eigenvalue weighted by Gasteiger charge is 2.56. The summed E-state index contributed by atoms with van der Waals surface area (Å²) in [5.41, 5.74) is 5.68. The predicted molar refractivity (Wildman–Crippen MR) is 101 cm³/mol. The van der Waals surface area contributed by atoms with Crippen molar-refractivity contribution in [2.75, 3.05) is 0 Å². The Kier molecular flexibility index (Phi) is 2.90. The summed E-state index contributed by atoms with van der Waals surface area (Å²) in [6.45, 7) is 14.3. The lowest BCUT2D eigenvalue weighted by molar-refractivity contribution is 0.125. The van der Waals surface area contributed by atoms with E-state index in [0.29, 0.717) is 0 Å². The minimum absolute atomic E-state index is 0.117. The van der Waals surface area contributed by atoms with Gasteiger partial charge in [0.1, 0.15) is 0 Å². The fraction of sp³-hybridized carbons (Fsp3) is 0.409. The number of nitrogens with zero attached hydrogens (tertiary/aromatic N) is 2. The van der Waals surface area contributed by atoms with Gasteiger partial charge in [0.05, 0.1) is 17.4 Å². The molecule has 124 valence electrons. The molecule has 0 atom stereocenters. The van der Waals surface area contributed by atoms with Crippen LogP contribution in [0.5, 0.6) is 0 Å². The zero-order chi connectivity index (χ0) is 17.3. The number of hydrogen-bond acceptors (Lipinski definition) is 1. The van der Waals surface area contributed by atoms with Crippen LogP contribution >= 0.6 is 0 Å². The van der Waals surface area contributed by atoms with Crippen molar-refractivity contribution in [3.63, 3.8) is 0 Å². The van der Waals surface area contributed by atoms with Crippen LogP contribution in [0.2, 0.25) is 0 Å². The van der Waals surface area contributed by atoms with E-state index in [0.717, 1.165) is 5.69 Å². The summed E-state index contributed by atoms with van der Waals surface area (Å²) < 4.78 is 2.06. The van der Waals surface area contributed by atoms with Gasteiger partial charge in [-0.15, -0.1) is 0 Å². The Hall–Kier alpha value is -2.09. The molecule has 2 nitrogen and oxygen atoms in total. The van der Waals surface area contributed by atoms with Crippen LogP contribution in [0.15, 0.2) is 48.7 Å². The van der Waals surface area contributed by atoms with Crippen molar-refractivity contribution in [2.45, 2.75) is 52.4 Å². The second-order valence-electron chi connectivity index (χ2n) is 8.72. The van der Waals surface area contributed by atoms with Gasteiger partial charge in [0, 0.05) is 5.39 Å². The van der Waals surface area contributed by atoms with Gasteiger partial charge in [-0.25, -0.2) is 4.68 Å². The average Bonchev–Trinajstić information content (AvgIpc) is 3.00. The van der Waals surface area contributed by atoms with Crippen molar-refractivity contribution < 1.29 is 0 Å². The van der Waals surface area contributed by atoms with E-state index in [9.17, 15) is 0 Å². The van der Waals surface area contributed by atoms with Gasteiger partial charge in [0.15, 0.2) is 0 Å². The van der Waals surface area contributed by atoms with Crippen LogP contribution in [0.3, 0.4) is 0 Å². The Morgan fingerprint density at radius 1 is 0.792 bits per heavy atom. The van der Waals surface area contributed by atoms with E-state index in [1.165, 1.54) is 22.0 Å². The molecule has 0 bridgehead atoms. The fourth-order valence-electron chi connectivity index (χ4n) is 4.34. The van der Waals surface area contributed by atoms with E-state index in [-0.39, 0.29) is 16.2 Å². The minimum Gasteiger partial charge on any atom is -0.233 e. The maximum atomic E-state index is 4.65. The molecule has 0 unspecified atom stereocenters. The highest BCUT2D eigenvalue weighted by atomic mass is 15.3. The van der Waals surface area contributed by atoms with E-state index in [4.69, 9.17) is 0 Å². The summed E-state index contributed by atoms with van der Waals surface area (Å²) in [6, 6.07) is 15.1. The van der Waals surface area contributed by atoms with Crippen LogP contribution in [0.4, 0.5) is 0 Å². The second kappa shape index (κ2) is 4.50. The fourth-order valence-corrected chi connectivity index (χ4v) is 4.34. The lowest BCUT2D eigenvalue weighted by Gasteiger charge is -2.44. The van der Waals surface area contributed by atoms with E-state index in [1.807, 2.05) is 12.3 Å². The Morgan fingerprint density at radius 2 is 1.38 bits per heavy atom. The number of aromatic nitrogens is 2. The van der Waals surface area contributed by atoms with Crippen LogP contribution < -0.4 is 0 Å². The van der Waals surface area contributed by atoms with E-state index in [1.54, 1.807) is 0 Å². The molecular weight excluding hydrogens is 292 g/mol. The predicted octanol–water partition coefficient (Wildman–Crippen LogP) is 5.62. The van der Waals surface area contributed by atoms with Crippen molar-refractivity contribution >= 4 is 10.9 Å². The Labute approximate surface area is 144 Å². The SMILES string of the molecule is CC1(C)c2cc3cnn(-c4ccccc4)c3cc2C(C)(C)C1(C)C. The molecule has 3 aromatic rings. The Morgan fingerprint density at radius 3 is 2.00 bits per heavy atom. The van der Waals surface area contributed by atoms with E-state index in [2.05, 4.69) is 87.7 Å². The molecule has 0 fully saturated rings. The normalized spacial score (nSPS) is 20.2. The first kappa shape index (κ1) is 15.4. The first-order valence-electron chi connectivity index (χ1n) is 8.76. The topological polar surface area (TPSA) is 17.8 Å². The zero-order valence-corrected chi connectivity index (χ0v) is 15.5. The van der Waals surface area contributed by atoms with Gasteiger partial charge >= 0.3 is 0 Å². The molecule has 0 amide bonds. The van der Waals surface area contributed by atoms with Gasteiger partial charge in [-0.1, -0.05) is 59.7 Å². The summed E-state index contributed by atoms with van der Waals surface area (Å²) in [6.07, 6.45) is 2.00. The third-order valence-corrected chi connectivity index (χ3v) is 7.18. The van der Waals surface area contributed by atoms with Crippen molar-refractivity contribution in [3.8, 4) is 5.69 Å². The second-order valence-corrected chi connectivity index (χ2v) is 8.72. The zero-order valence-electron chi connectivity index (χ0n) is 15.5. The number of benzene rings is 2. The molecule has 0 saturated carbocycles. The Balaban J connectivity index is 2.03. The molecule has 0 spiro atoms. The molecule has 0 N–H and O–H groups in total. The summed E-state index contributed by atoms with van der Waals surface area (Å²) in [5, 5.41) is 5.88. The minimum atomic E-state index is 0.117. The highest BCUT2D eigenvalue weighted by Crippen LogP contribution is 2.61. The lowest BCUT2D eigenvalue weighted by atomic mass is 9.59. The standard InChI is InChI=1S/C22H26N2/c1-20(2)17-12-15-14-23-24(16-10-8-7-9-11-16)19(15)13-18(17)21(3,4)22(20,5)6/h7-14H,1-6H3. The monoisotopic (exact) mass is 318 g/mol. The quantitative estimate of drug-likeness (QED) is 0.569. The molecule has 0 aliphatic heterocycles. The van der Waals surface area contributed by atoms with Crippen molar-refractivity contribution in [1.82, 2.24) is 9.78 Å². The first-order valence-corrected chi connectivity index (χ1v) is 8.76. The van der Waals surface area contributed by atoms with Gasteiger partial charge in [-0.2, -0.15) is 5.10 Å². The lowest BCUT2D eigenvalue weighted by Crippen LogP contribution is -2.42. The summed E-state index contributed by atoms with van der Waals surface area (Å²) >= 11 is 0. The molecule has 24 heavy (non-hydrogen) atoms. The first-order chi connectivity index (χ1) is 11.2. The van der Waals surface area contributed by atoms with Crippen LogP contribution in [0.25, 0.3) is 16.6 Å². The van der Waals surface area contributed by atoms with Gasteiger partial charge in [0.2, 0.25) is 0 Å². The summed E-state index contributed by atoms with van der Waals surface area (Å²) in [4.78, 5) is 0. The molecule has 0 saturated heterocycles. The highest BCUT2D eigenvalue weighted by molar-refractivity contribution is 5.83. The summed E-state index contributed by atoms with van der Waals surface area (Å²) in [7, 11) is 0. The number of fused-ring (bicyclic) bond motifs is 2. The van der Waals surface area contributed by atoms with Gasteiger partial charge in [-0.05, 0) is 51.6 Å². The van der Waals surface area contributed by atoms with E-state index < -0.39 is 0 Å². The molecule has 2 aromatic carbocycles. The molecule has 0 radical (unpaired) electrons. The van der Waals surface area contributed by atoms with Gasteiger partial charge < -0.3 is 0 Å². The third-order valence-electron chi connectivity index (χ3n) is 7.18. The maximum Gasteiger partial charge on any atom is 0.0744 e. The molecular formula is C22H26N2. The Bertz CT molecular complexity index is 927. The number of para-hydroxylation sites is 1. The molecule has 1 aliphatic rings. The largest absolute Gasteiger partial charge is 0.233 e. The van der Waals surface area contributed by atoms with Crippen LogP contribution in [0.1, 0.15) is 52.7 Å². The van der Waals surface area contributed by atoms with Crippen molar-refractivity contribution in [2.24, 2.45) is 5.41 Å². The average molecular weight is 318 g/mol. The van der Waals surface area contributed by atoms with Gasteiger partial charge in [-0.3, -0.25) is 0 Å². The van der Waals surface area contributed by atoms with E-state index >= 15 is 0 Å². The van der Waals surface area contributed by atoms with Crippen molar-refractivity contribution in [3.05, 3.63) is 59.8 Å². The van der Waals surface area contributed by atoms with Crippen molar-refractivity contribution in [1.29, 1.82) is 0 Å². The third kappa shape index (κ3) is 1.69. The molecule has 1 aliphatic carbocycles. The smallest absolute Gasteiger partial charge is 0.0744 e. The van der Waals surface area contributed by atoms with Gasteiger partial charge in [0.25, 0.3) is 0 Å². The van der Waals surface area contributed by atoms with Crippen LogP contribution in [-0.2, 0) is 10.8 Å². The molecule has 4 rings (SSSR count). The van der Waals surface area contributed by atoms with Crippen LogP contribution in [-0.4, -0.2) is 9.78 Å². The molecule has 1 aromatic heterocycles. The molecule has 2 heteroatoms. The number of hydrogen-bond donors (Lipinski definition) is 0. The number of rotatable bonds is 1. The molecule has 1 heterocycles. The van der Waals surface area contributed by atoms with Crippen LogP contribution in [0, 0.1) is 5.41 Å². The maximum absolute atomic E-state index is 4.65.